The minimum Gasteiger partial charge on any atom is -0.298 e. The van der Waals surface area contributed by atoms with E-state index < -0.39 is 0 Å². The first-order valence-electron chi connectivity index (χ1n) is 14.0. The molecule has 0 heterocycles. The number of carbonyl (C=O) groups excluding carboxylic acids is 2. The molecular weight excluding hydrogens is 488 g/mol. The zero-order chi connectivity index (χ0) is 26.5. The largest absolute Gasteiger partial charge is 0.298 e. The summed E-state index contributed by atoms with van der Waals surface area (Å²) in [6.45, 7) is 0. The summed E-state index contributed by atoms with van der Waals surface area (Å²) in [6.07, 6.45) is 1.94. The van der Waals surface area contributed by atoms with Crippen LogP contribution < -0.4 is 0 Å². The van der Waals surface area contributed by atoms with E-state index in [1.807, 2.05) is 12.1 Å². The highest BCUT2D eigenvalue weighted by atomic mass is 16.1. The van der Waals surface area contributed by atoms with Crippen LogP contribution in [-0.4, -0.2) is 12.6 Å². The number of carbonyl (C=O) groups is 2. The van der Waals surface area contributed by atoms with Crippen LogP contribution in [0.1, 0.15) is 88.9 Å². The Morgan fingerprint density at radius 1 is 0.375 bits per heavy atom. The molecule has 0 amide bonds. The van der Waals surface area contributed by atoms with Gasteiger partial charge in [0.15, 0.2) is 0 Å². The summed E-state index contributed by atoms with van der Waals surface area (Å²) in [5.41, 5.74) is 11.7. The van der Waals surface area contributed by atoms with Crippen LogP contribution in [0.15, 0.2) is 109 Å². The van der Waals surface area contributed by atoms with Gasteiger partial charge in [-0.05, 0) is 78.2 Å². The third kappa shape index (κ3) is 2.68. The highest BCUT2D eigenvalue weighted by molar-refractivity contribution is 5.97. The van der Waals surface area contributed by atoms with Crippen LogP contribution in [0.3, 0.4) is 0 Å². The summed E-state index contributed by atoms with van der Waals surface area (Å²) >= 11 is 0. The predicted molar refractivity (Wildman–Crippen MR) is 159 cm³/mol. The Labute approximate surface area is 231 Å². The van der Waals surface area contributed by atoms with Gasteiger partial charge in [-0.15, -0.1) is 0 Å². The van der Waals surface area contributed by atoms with Crippen molar-refractivity contribution < 1.29 is 9.59 Å². The molecule has 0 aliphatic heterocycles. The van der Waals surface area contributed by atoms with Crippen LogP contribution in [0.25, 0.3) is 21.5 Å². The highest BCUT2D eigenvalue weighted by Gasteiger charge is 2.46. The lowest BCUT2D eigenvalue weighted by atomic mass is 9.66. The molecule has 0 spiro atoms. The summed E-state index contributed by atoms with van der Waals surface area (Å²) in [6, 6.07) is 39.5. The first-order valence-corrected chi connectivity index (χ1v) is 14.0. The van der Waals surface area contributed by atoms with E-state index in [-0.39, 0.29) is 23.7 Å². The van der Waals surface area contributed by atoms with Crippen LogP contribution in [0.5, 0.6) is 0 Å². The Morgan fingerprint density at radius 2 is 0.725 bits per heavy atom. The number of hydrogen-bond donors (Lipinski definition) is 0. The quantitative estimate of drug-likeness (QED) is 0.218. The molecule has 3 aliphatic rings. The fourth-order valence-corrected chi connectivity index (χ4v) is 8.38. The maximum atomic E-state index is 12.2. The van der Waals surface area contributed by atoms with Crippen LogP contribution in [-0.2, 0) is 0 Å². The SMILES string of the molecule is O=Cc1ccc2c(c1)C1c3cccc4cccc(c34)C2C2c3ccc(C=O)cc3C1c1cccc3cccc2c13. The van der Waals surface area contributed by atoms with Gasteiger partial charge in [0, 0.05) is 34.8 Å². The van der Waals surface area contributed by atoms with Gasteiger partial charge in [-0.1, -0.05) is 97.1 Å². The smallest absolute Gasteiger partial charge is 0.150 e. The average Bonchev–Trinajstić information content (AvgIpc) is 3.15. The lowest BCUT2D eigenvalue weighted by Gasteiger charge is -2.36. The molecule has 6 aromatic carbocycles. The molecule has 40 heavy (non-hydrogen) atoms. The summed E-state index contributed by atoms with van der Waals surface area (Å²) in [5.74, 6) is 0.0411. The van der Waals surface area contributed by atoms with E-state index in [0.717, 1.165) is 12.6 Å². The van der Waals surface area contributed by atoms with Crippen molar-refractivity contribution in [3.05, 3.63) is 165 Å². The number of fused-ring (bicyclic) bond motifs is 6. The Morgan fingerprint density at radius 3 is 1.07 bits per heavy atom. The van der Waals surface area contributed by atoms with Gasteiger partial charge in [0.1, 0.15) is 12.6 Å². The average molecular weight is 513 g/mol. The molecule has 0 saturated carbocycles. The maximum Gasteiger partial charge on any atom is 0.150 e. The molecule has 2 nitrogen and oxygen atoms in total. The van der Waals surface area contributed by atoms with Gasteiger partial charge >= 0.3 is 0 Å². The molecule has 188 valence electrons. The summed E-state index contributed by atoms with van der Waals surface area (Å²) < 4.78 is 0. The second-order valence-electron chi connectivity index (χ2n) is 11.5. The van der Waals surface area contributed by atoms with Crippen LogP contribution >= 0.6 is 0 Å². The van der Waals surface area contributed by atoms with E-state index in [4.69, 9.17) is 0 Å². The second kappa shape index (κ2) is 7.86. The van der Waals surface area contributed by atoms with E-state index in [1.54, 1.807) is 0 Å². The minimum atomic E-state index is -0.0249. The molecule has 4 atom stereocenters. The standard InChI is InChI=1S/C38H24O2/c39-19-21-13-15-25-31(17-21)37-29-11-3-7-23-5-1-9-27(33(23)29)35(25)36-26-16-14-22(20-40)18-32(26)38(37)30-12-4-8-24-6-2-10-28(36)34(24)30/h1-20,35-38H. The molecule has 0 N–H and O–H groups in total. The van der Waals surface area contributed by atoms with Crippen molar-refractivity contribution >= 4 is 34.1 Å². The third-order valence-electron chi connectivity index (χ3n) is 9.78. The van der Waals surface area contributed by atoms with Crippen LogP contribution in [0.4, 0.5) is 0 Å². The predicted octanol–water partition coefficient (Wildman–Crippen LogP) is 8.49. The Balaban J connectivity index is 1.58. The molecule has 9 rings (SSSR count). The molecule has 0 saturated heterocycles. The summed E-state index contributed by atoms with van der Waals surface area (Å²) in [4.78, 5) is 24.3. The van der Waals surface area contributed by atoms with Gasteiger partial charge in [-0.2, -0.15) is 0 Å². The van der Waals surface area contributed by atoms with Gasteiger partial charge in [-0.25, -0.2) is 0 Å². The lowest BCUT2D eigenvalue weighted by Crippen LogP contribution is -2.22. The van der Waals surface area contributed by atoms with E-state index >= 15 is 0 Å². The number of hydrogen-bond acceptors (Lipinski definition) is 2. The second-order valence-corrected chi connectivity index (χ2v) is 11.5. The molecule has 0 radical (unpaired) electrons. The van der Waals surface area contributed by atoms with Crippen LogP contribution in [0.2, 0.25) is 0 Å². The Bertz CT molecular complexity index is 1920. The number of aldehydes is 2. The molecule has 4 bridgehead atoms. The van der Waals surface area contributed by atoms with Crippen molar-refractivity contribution in [2.24, 2.45) is 0 Å². The molecule has 2 heteroatoms. The topological polar surface area (TPSA) is 34.1 Å². The van der Waals surface area contributed by atoms with Gasteiger partial charge in [-0.3, -0.25) is 9.59 Å². The fraction of sp³-hybridized carbons (Fsp3) is 0.105. The first kappa shape index (κ1) is 22.0. The summed E-state index contributed by atoms with van der Waals surface area (Å²) in [5, 5.41) is 5.15. The van der Waals surface area contributed by atoms with Gasteiger partial charge < -0.3 is 0 Å². The molecule has 4 unspecified atom stereocenters. The van der Waals surface area contributed by atoms with Gasteiger partial charge in [0.05, 0.1) is 0 Å². The molecular formula is C38H24O2. The summed E-state index contributed by atoms with van der Waals surface area (Å²) in [7, 11) is 0. The van der Waals surface area contributed by atoms with Crippen molar-refractivity contribution in [3.63, 3.8) is 0 Å². The zero-order valence-corrected chi connectivity index (χ0v) is 21.7. The molecule has 6 aromatic rings. The molecule has 0 fully saturated rings. The first-order chi connectivity index (χ1) is 19.8. The van der Waals surface area contributed by atoms with Gasteiger partial charge in [0.2, 0.25) is 0 Å². The molecule has 0 aromatic heterocycles. The Kier molecular flexibility index (Phi) is 4.33. The number of rotatable bonds is 2. The lowest BCUT2D eigenvalue weighted by molar-refractivity contribution is 0.111. The minimum absolute atomic E-state index is 0.0249. The zero-order valence-electron chi connectivity index (χ0n) is 21.7. The third-order valence-corrected chi connectivity index (χ3v) is 9.78. The molecule has 3 aliphatic carbocycles. The van der Waals surface area contributed by atoms with E-state index in [9.17, 15) is 9.59 Å². The normalized spacial score (nSPS) is 21.2. The number of benzene rings is 6. The van der Waals surface area contributed by atoms with Gasteiger partial charge in [0.25, 0.3) is 0 Å². The van der Waals surface area contributed by atoms with Crippen molar-refractivity contribution in [3.8, 4) is 0 Å². The van der Waals surface area contributed by atoms with E-state index in [0.29, 0.717) is 11.1 Å². The van der Waals surface area contributed by atoms with E-state index in [2.05, 4.69) is 97.1 Å². The fourth-order valence-electron chi connectivity index (χ4n) is 8.38. The Hall–Kier alpha value is -4.82. The van der Waals surface area contributed by atoms with Crippen molar-refractivity contribution in [2.75, 3.05) is 0 Å². The van der Waals surface area contributed by atoms with Crippen molar-refractivity contribution in [1.29, 1.82) is 0 Å². The van der Waals surface area contributed by atoms with Crippen molar-refractivity contribution in [2.45, 2.75) is 23.7 Å². The monoisotopic (exact) mass is 512 g/mol. The van der Waals surface area contributed by atoms with Crippen LogP contribution in [0, 0.1) is 0 Å². The highest BCUT2D eigenvalue weighted by Crippen LogP contribution is 2.62. The van der Waals surface area contributed by atoms with E-state index in [1.165, 1.54) is 66.1 Å². The van der Waals surface area contributed by atoms with Crippen molar-refractivity contribution in [1.82, 2.24) is 0 Å². The maximum absolute atomic E-state index is 12.2.